The van der Waals surface area contributed by atoms with Crippen molar-refractivity contribution in [2.24, 2.45) is 0 Å². The van der Waals surface area contributed by atoms with Crippen LogP contribution in [0.25, 0.3) is 0 Å². The maximum Gasteiger partial charge on any atom is 0.256 e. The number of nitrogens with one attached hydrogen (secondary N) is 2. The van der Waals surface area contributed by atoms with Crippen molar-refractivity contribution in [3.05, 3.63) is 58.3 Å². The SMILES string of the molecule is O=C(NCc1ccncc1)c1c[nH]c(=O)cc1O. The molecule has 0 bridgehead atoms. The van der Waals surface area contributed by atoms with E-state index in [2.05, 4.69) is 15.3 Å². The summed E-state index contributed by atoms with van der Waals surface area (Å²) in [5, 5.41) is 12.1. The van der Waals surface area contributed by atoms with Crippen molar-refractivity contribution < 1.29 is 9.90 Å². The Morgan fingerprint density at radius 1 is 1.39 bits per heavy atom. The number of carbonyl (C=O) groups excluding carboxylic acids is 1. The summed E-state index contributed by atoms with van der Waals surface area (Å²) in [6, 6.07) is 4.50. The third kappa shape index (κ3) is 2.73. The van der Waals surface area contributed by atoms with E-state index in [1.54, 1.807) is 24.5 Å². The van der Waals surface area contributed by atoms with Gasteiger partial charge in [-0.1, -0.05) is 0 Å². The molecule has 1 amide bonds. The molecule has 6 heteroatoms. The lowest BCUT2D eigenvalue weighted by molar-refractivity contribution is 0.0948. The molecular weight excluding hydrogens is 234 g/mol. The highest BCUT2D eigenvalue weighted by Gasteiger charge is 2.10. The Morgan fingerprint density at radius 3 is 2.78 bits per heavy atom. The molecule has 0 saturated carbocycles. The van der Waals surface area contributed by atoms with Crippen LogP contribution < -0.4 is 10.9 Å². The molecule has 0 unspecified atom stereocenters. The van der Waals surface area contributed by atoms with E-state index >= 15 is 0 Å². The standard InChI is InChI=1S/C12H11N3O3/c16-10-5-11(17)14-7-9(10)12(18)15-6-8-1-3-13-4-2-8/h1-5,7H,6H2,(H,15,18)(H2,14,16,17). The third-order valence-corrected chi connectivity index (χ3v) is 2.35. The van der Waals surface area contributed by atoms with Gasteiger partial charge in [-0.05, 0) is 17.7 Å². The normalized spacial score (nSPS) is 10.0. The first-order valence-corrected chi connectivity index (χ1v) is 5.25. The molecule has 3 N–H and O–H groups in total. The summed E-state index contributed by atoms with van der Waals surface area (Å²) < 4.78 is 0. The second-order valence-electron chi connectivity index (χ2n) is 3.63. The largest absolute Gasteiger partial charge is 0.507 e. The number of pyridine rings is 2. The van der Waals surface area contributed by atoms with Crippen molar-refractivity contribution in [3.63, 3.8) is 0 Å². The Hall–Kier alpha value is -2.63. The summed E-state index contributed by atoms with van der Waals surface area (Å²) in [6.45, 7) is 0.319. The summed E-state index contributed by atoms with van der Waals surface area (Å²) in [5.41, 5.74) is 0.462. The van der Waals surface area contributed by atoms with Crippen molar-refractivity contribution in [2.75, 3.05) is 0 Å². The van der Waals surface area contributed by atoms with Crippen molar-refractivity contribution in [1.29, 1.82) is 0 Å². The van der Waals surface area contributed by atoms with Crippen LogP contribution in [0.4, 0.5) is 0 Å². The quantitative estimate of drug-likeness (QED) is 0.729. The van der Waals surface area contributed by atoms with E-state index in [9.17, 15) is 14.7 Å². The predicted molar refractivity (Wildman–Crippen MR) is 64.1 cm³/mol. The number of aromatic nitrogens is 2. The highest BCUT2D eigenvalue weighted by Crippen LogP contribution is 2.11. The highest BCUT2D eigenvalue weighted by molar-refractivity contribution is 5.96. The van der Waals surface area contributed by atoms with E-state index in [-0.39, 0.29) is 11.3 Å². The lowest BCUT2D eigenvalue weighted by atomic mass is 10.2. The summed E-state index contributed by atoms with van der Waals surface area (Å²) in [6.07, 6.45) is 4.43. The minimum Gasteiger partial charge on any atom is -0.507 e. The Labute approximate surface area is 102 Å². The number of amides is 1. The summed E-state index contributed by atoms with van der Waals surface area (Å²) >= 11 is 0. The Bertz CT molecular complexity index is 607. The van der Waals surface area contributed by atoms with Gasteiger partial charge in [-0.2, -0.15) is 0 Å². The Kier molecular flexibility index (Phi) is 3.38. The number of aromatic hydroxyl groups is 1. The average Bonchev–Trinajstić information content (AvgIpc) is 2.37. The van der Waals surface area contributed by atoms with Gasteiger partial charge in [0.1, 0.15) is 5.75 Å². The van der Waals surface area contributed by atoms with Crippen LogP contribution in [0.5, 0.6) is 5.75 Å². The van der Waals surface area contributed by atoms with Gasteiger partial charge in [0.15, 0.2) is 0 Å². The first-order valence-electron chi connectivity index (χ1n) is 5.25. The Morgan fingerprint density at radius 2 is 2.11 bits per heavy atom. The monoisotopic (exact) mass is 245 g/mol. The average molecular weight is 245 g/mol. The molecule has 0 aliphatic heterocycles. The molecule has 0 aliphatic carbocycles. The van der Waals surface area contributed by atoms with E-state index in [0.29, 0.717) is 6.54 Å². The van der Waals surface area contributed by atoms with Gasteiger partial charge < -0.3 is 15.4 Å². The van der Waals surface area contributed by atoms with E-state index in [0.717, 1.165) is 11.6 Å². The van der Waals surface area contributed by atoms with Crippen LogP contribution >= 0.6 is 0 Å². The van der Waals surface area contributed by atoms with Crippen LogP contribution in [0, 0.1) is 0 Å². The van der Waals surface area contributed by atoms with E-state index < -0.39 is 11.5 Å². The van der Waals surface area contributed by atoms with Gasteiger partial charge in [-0.3, -0.25) is 14.6 Å². The van der Waals surface area contributed by atoms with Gasteiger partial charge in [-0.25, -0.2) is 0 Å². The fourth-order valence-electron chi connectivity index (χ4n) is 1.42. The van der Waals surface area contributed by atoms with Crippen molar-refractivity contribution in [3.8, 4) is 5.75 Å². The number of hydrogen-bond acceptors (Lipinski definition) is 4. The van der Waals surface area contributed by atoms with E-state index in [1.165, 1.54) is 6.20 Å². The van der Waals surface area contributed by atoms with E-state index in [4.69, 9.17) is 0 Å². The van der Waals surface area contributed by atoms with Crippen LogP contribution in [-0.2, 0) is 6.54 Å². The van der Waals surface area contributed by atoms with Crippen LogP contribution in [0.15, 0.2) is 41.6 Å². The highest BCUT2D eigenvalue weighted by atomic mass is 16.3. The van der Waals surface area contributed by atoms with Crippen LogP contribution in [0.3, 0.4) is 0 Å². The minimum atomic E-state index is -0.460. The molecule has 6 nitrogen and oxygen atoms in total. The molecule has 2 aromatic rings. The number of nitrogens with zero attached hydrogens (tertiary/aromatic N) is 1. The molecule has 0 aliphatic rings. The number of aromatic amines is 1. The molecule has 0 aromatic carbocycles. The zero-order valence-electron chi connectivity index (χ0n) is 9.38. The van der Waals surface area contributed by atoms with Gasteiger partial charge in [0, 0.05) is 31.2 Å². The molecule has 92 valence electrons. The van der Waals surface area contributed by atoms with Gasteiger partial charge in [0.05, 0.1) is 5.56 Å². The first kappa shape index (κ1) is 11.8. The second kappa shape index (κ2) is 5.13. The number of rotatable bonds is 3. The Balaban J connectivity index is 2.06. The lowest BCUT2D eigenvalue weighted by Gasteiger charge is -2.06. The molecule has 18 heavy (non-hydrogen) atoms. The fraction of sp³-hybridized carbons (Fsp3) is 0.0833. The number of carbonyl (C=O) groups is 1. The lowest BCUT2D eigenvalue weighted by Crippen LogP contribution is -2.23. The number of hydrogen-bond donors (Lipinski definition) is 3. The number of H-pyrrole nitrogens is 1. The molecular formula is C12H11N3O3. The van der Waals surface area contributed by atoms with Gasteiger partial charge in [0.25, 0.3) is 11.5 Å². The third-order valence-electron chi connectivity index (χ3n) is 2.35. The first-order chi connectivity index (χ1) is 8.66. The summed E-state index contributed by atoms with van der Waals surface area (Å²) in [4.78, 5) is 28.8. The van der Waals surface area contributed by atoms with Gasteiger partial charge >= 0.3 is 0 Å². The molecule has 0 saturated heterocycles. The smallest absolute Gasteiger partial charge is 0.256 e. The molecule has 2 aromatic heterocycles. The summed E-state index contributed by atoms with van der Waals surface area (Å²) in [5.74, 6) is -0.799. The minimum absolute atomic E-state index is 0.0312. The van der Waals surface area contributed by atoms with Gasteiger partial charge in [0.2, 0.25) is 0 Å². The van der Waals surface area contributed by atoms with Crippen LogP contribution in [-0.4, -0.2) is 21.0 Å². The fourth-order valence-corrected chi connectivity index (χ4v) is 1.42. The summed E-state index contributed by atoms with van der Waals surface area (Å²) in [7, 11) is 0. The van der Waals surface area contributed by atoms with Crippen molar-refractivity contribution in [2.45, 2.75) is 6.54 Å². The predicted octanol–water partition coefficient (Wildman–Crippen LogP) is 0.406. The zero-order valence-corrected chi connectivity index (χ0v) is 9.38. The van der Waals surface area contributed by atoms with Crippen molar-refractivity contribution >= 4 is 5.91 Å². The maximum atomic E-state index is 11.7. The van der Waals surface area contributed by atoms with Crippen LogP contribution in [0.2, 0.25) is 0 Å². The topological polar surface area (TPSA) is 95.1 Å². The maximum absolute atomic E-state index is 11.7. The second-order valence-corrected chi connectivity index (χ2v) is 3.63. The molecule has 2 heterocycles. The van der Waals surface area contributed by atoms with Gasteiger partial charge in [-0.15, -0.1) is 0 Å². The van der Waals surface area contributed by atoms with Crippen LogP contribution in [0.1, 0.15) is 15.9 Å². The molecule has 2 rings (SSSR count). The van der Waals surface area contributed by atoms with E-state index in [1.807, 2.05) is 0 Å². The molecule has 0 fully saturated rings. The zero-order chi connectivity index (χ0) is 13.0. The molecule has 0 atom stereocenters. The molecule has 0 spiro atoms. The van der Waals surface area contributed by atoms with Crippen molar-refractivity contribution in [1.82, 2.24) is 15.3 Å². The molecule has 0 radical (unpaired) electrons.